The fourth-order valence-electron chi connectivity index (χ4n) is 3.81. The molecule has 0 aliphatic carbocycles. The van der Waals surface area contributed by atoms with Crippen LogP contribution in [0.1, 0.15) is 5.56 Å². The second kappa shape index (κ2) is 6.52. The molecule has 0 aliphatic heterocycles. The number of rotatable bonds is 4. The number of benzene rings is 3. The Morgan fingerprint density at radius 2 is 1.38 bits per heavy atom. The van der Waals surface area contributed by atoms with E-state index >= 15 is 0 Å². The van der Waals surface area contributed by atoms with Crippen LogP contribution in [0.5, 0.6) is 0 Å². The van der Waals surface area contributed by atoms with E-state index in [2.05, 4.69) is 19.2 Å². The molecule has 0 amide bonds. The first-order chi connectivity index (χ1) is 14.1. The summed E-state index contributed by atoms with van der Waals surface area (Å²) in [5.41, 5.74) is 5.32. The van der Waals surface area contributed by atoms with Crippen LogP contribution in [0.2, 0.25) is 0 Å². The molecule has 2 aromatic heterocycles. The summed E-state index contributed by atoms with van der Waals surface area (Å²) >= 11 is 0. The Bertz CT molecular complexity index is 1470. The summed E-state index contributed by atoms with van der Waals surface area (Å²) in [5.74, 6) is 0. The molecule has 5 rings (SSSR count). The van der Waals surface area contributed by atoms with E-state index < -0.39 is 7.12 Å². The molecule has 0 spiro atoms. The minimum Gasteiger partial charge on any atom is -0.456 e. The van der Waals surface area contributed by atoms with Crippen LogP contribution in [0.4, 0.5) is 0 Å². The van der Waals surface area contributed by atoms with Crippen LogP contribution in [0.25, 0.3) is 49.5 Å². The van der Waals surface area contributed by atoms with Gasteiger partial charge in [0.25, 0.3) is 0 Å². The van der Waals surface area contributed by atoms with Gasteiger partial charge in [0.15, 0.2) is 0 Å². The normalized spacial score (nSPS) is 12.3. The van der Waals surface area contributed by atoms with Gasteiger partial charge in [-0.3, -0.25) is 0 Å². The number of allylic oxidation sites excluding steroid dienone is 4. The summed E-state index contributed by atoms with van der Waals surface area (Å²) in [7, 11) is -1.53. The zero-order chi connectivity index (χ0) is 20.1. The van der Waals surface area contributed by atoms with E-state index in [9.17, 15) is 10.0 Å². The lowest BCUT2D eigenvalue weighted by Crippen LogP contribution is -2.29. The third-order valence-corrected chi connectivity index (χ3v) is 5.23. The molecule has 0 bridgehead atoms. The molecule has 3 aromatic carbocycles. The molecule has 0 aliphatic rings. The summed E-state index contributed by atoms with van der Waals surface area (Å²) in [4.78, 5) is 0. The van der Waals surface area contributed by atoms with Crippen molar-refractivity contribution in [2.45, 2.75) is 0 Å². The minimum absolute atomic E-state index is 0.421. The maximum Gasteiger partial charge on any atom is 0.488 e. The van der Waals surface area contributed by atoms with Crippen LogP contribution in [0.15, 0.2) is 88.8 Å². The molecular weight excluding hydrogens is 363 g/mol. The maximum absolute atomic E-state index is 9.51. The van der Waals surface area contributed by atoms with E-state index in [4.69, 9.17) is 8.83 Å². The van der Waals surface area contributed by atoms with E-state index in [-0.39, 0.29) is 0 Å². The smallest absolute Gasteiger partial charge is 0.456 e. The molecule has 0 unspecified atom stereocenters. The van der Waals surface area contributed by atoms with Crippen molar-refractivity contribution in [2.75, 3.05) is 0 Å². The van der Waals surface area contributed by atoms with Gasteiger partial charge in [-0.2, -0.15) is 0 Å². The zero-order valence-corrected chi connectivity index (χ0v) is 15.6. The third-order valence-electron chi connectivity index (χ3n) is 5.23. The Balaban J connectivity index is 1.82. The van der Waals surface area contributed by atoms with Gasteiger partial charge >= 0.3 is 7.12 Å². The zero-order valence-electron chi connectivity index (χ0n) is 15.6. The molecule has 2 N–H and O–H groups in total. The SMILES string of the molecule is C=C/C=C(\C=C)c1ccc2oc3cc4oc5ccc(B(O)O)cc5c4cc3c2c1. The first-order valence-corrected chi connectivity index (χ1v) is 9.23. The molecule has 4 nitrogen and oxygen atoms in total. The van der Waals surface area contributed by atoms with Crippen molar-refractivity contribution in [3.63, 3.8) is 0 Å². The van der Waals surface area contributed by atoms with Crippen molar-refractivity contribution in [3.8, 4) is 0 Å². The van der Waals surface area contributed by atoms with Crippen LogP contribution < -0.4 is 5.46 Å². The monoisotopic (exact) mass is 380 g/mol. The van der Waals surface area contributed by atoms with Gasteiger partial charge in [-0.15, -0.1) is 0 Å². The summed E-state index contributed by atoms with van der Waals surface area (Å²) < 4.78 is 12.0. The average molecular weight is 380 g/mol. The third kappa shape index (κ3) is 2.71. The topological polar surface area (TPSA) is 66.7 Å². The van der Waals surface area contributed by atoms with Gasteiger partial charge in [-0.05, 0) is 40.9 Å². The van der Waals surface area contributed by atoms with Crippen LogP contribution >= 0.6 is 0 Å². The van der Waals surface area contributed by atoms with Crippen LogP contribution in [-0.2, 0) is 0 Å². The molecule has 5 heteroatoms. The fraction of sp³-hybridized carbons (Fsp3) is 0. The van der Waals surface area contributed by atoms with Gasteiger partial charge in [-0.25, -0.2) is 0 Å². The molecular formula is C24H17BO4. The van der Waals surface area contributed by atoms with Gasteiger partial charge in [0.05, 0.1) is 0 Å². The molecule has 0 fully saturated rings. The van der Waals surface area contributed by atoms with Crippen LogP contribution in [0.3, 0.4) is 0 Å². The molecule has 5 aromatic rings. The highest BCUT2D eigenvalue weighted by Gasteiger charge is 2.17. The highest BCUT2D eigenvalue weighted by atomic mass is 16.4. The largest absolute Gasteiger partial charge is 0.488 e. The van der Waals surface area contributed by atoms with Gasteiger partial charge in [0.2, 0.25) is 0 Å². The highest BCUT2D eigenvalue weighted by Crippen LogP contribution is 2.37. The minimum atomic E-state index is -1.53. The second-order valence-electron chi connectivity index (χ2n) is 6.95. The Hall–Kier alpha value is -3.54. The summed E-state index contributed by atoms with van der Waals surface area (Å²) in [5, 5.41) is 22.7. The molecule has 0 radical (unpaired) electrons. The van der Waals surface area contributed by atoms with E-state index in [1.165, 1.54) is 0 Å². The predicted octanol–water partition coefficient (Wildman–Crippen LogP) is 4.92. The first kappa shape index (κ1) is 17.6. The van der Waals surface area contributed by atoms with Crippen molar-refractivity contribution in [1.29, 1.82) is 0 Å². The quantitative estimate of drug-likeness (QED) is 0.343. The summed E-state index contributed by atoms with van der Waals surface area (Å²) in [6.07, 6.45) is 5.46. The number of hydrogen-bond acceptors (Lipinski definition) is 4. The van der Waals surface area contributed by atoms with Crippen molar-refractivity contribution >= 4 is 62.0 Å². The van der Waals surface area contributed by atoms with Crippen molar-refractivity contribution < 1.29 is 18.9 Å². The Morgan fingerprint density at radius 1 is 0.759 bits per heavy atom. The van der Waals surface area contributed by atoms with Gasteiger partial charge in [0, 0.05) is 27.6 Å². The average Bonchev–Trinajstić information content (AvgIpc) is 3.26. The Labute approximate surface area is 166 Å². The standard InChI is InChI=1S/C24H17BO4/c1-3-5-14(4-2)15-6-8-21-17(10-15)19-12-20-18-11-16(25(26)27)7-9-22(18)29-24(20)13-23(19)28-21/h3-13,26-27H,1-2H2/b14-5+. The summed E-state index contributed by atoms with van der Waals surface area (Å²) in [6, 6.07) is 15.1. The van der Waals surface area contributed by atoms with Crippen LogP contribution in [0, 0.1) is 0 Å². The fourth-order valence-corrected chi connectivity index (χ4v) is 3.81. The number of hydrogen-bond donors (Lipinski definition) is 2. The van der Waals surface area contributed by atoms with E-state index in [1.54, 1.807) is 30.4 Å². The molecule has 0 saturated carbocycles. The van der Waals surface area contributed by atoms with E-state index in [1.807, 2.05) is 30.3 Å². The molecule has 140 valence electrons. The van der Waals surface area contributed by atoms with Crippen molar-refractivity contribution in [1.82, 2.24) is 0 Å². The Kier molecular flexibility index (Phi) is 3.95. The highest BCUT2D eigenvalue weighted by molar-refractivity contribution is 6.59. The van der Waals surface area contributed by atoms with Gasteiger partial charge in [-0.1, -0.05) is 49.6 Å². The maximum atomic E-state index is 9.51. The van der Waals surface area contributed by atoms with Crippen molar-refractivity contribution in [2.24, 2.45) is 0 Å². The predicted molar refractivity (Wildman–Crippen MR) is 119 cm³/mol. The number of fused-ring (bicyclic) bond motifs is 6. The van der Waals surface area contributed by atoms with Gasteiger partial charge in [0.1, 0.15) is 22.3 Å². The van der Waals surface area contributed by atoms with Crippen molar-refractivity contribution in [3.05, 3.63) is 85.5 Å². The van der Waals surface area contributed by atoms with E-state index in [0.717, 1.165) is 43.8 Å². The summed E-state index contributed by atoms with van der Waals surface area (Å²) in [6.45, 7) is 7.65. The first-order valence-electron chi connectivity index (χ1n) is 9.23. The van der Waals surface area contributed by atoms with Crippen LogP contribution in [-0.4, -0.2) is 17.2 Å². The van der Waals surface area contributed by atoms with Gasteiger partial charge < -0.3 is 18.9 Å². The lowest BCUT2D eigenvalue weighted by molar-refractivity contribution is 0.426. The molecule has 0 saturated heterocycles. The molecule has 0 atom stereocenters. The lowest BCUT2D eigenvalue weighted by Gasteiger charge is -2.01. The number of furan rings is 2. The molecule has 29 heavy (non-hydrogen) atoms. The Morgan fingerprint density at radius 3 is 2.00 bits per heavy atom. The second-order valence-corrected chi connectivity index (χ2v) is 6.95. The molecule has 2 heterocycles. The lowest BCUT2D eigenvalue weighted by atomic mass is 9.80. The van der Waals surface area contributed by atoms with E-state index in [0.29, 0.717) is 16.6 Å².